The molecular weight excluding hydrogens is 483 g/mol. The van der Waals surface area contributed by atoms with Gasteiger partial charge in [-0.3, -0.25) is 4.79 Å². The van der Waals surface area contributed by atoms with Crippen molar-refractivity contribution in [2.24, 2.45) is 0 Å². The molecule has 1 aliphatic heterocycles. The van der Waals surface area contributed by atoms with E-state index in [1.165, 1.54) is 6.07 Å². The van der Waals surface area contributed by atoms with Gasteiger partial charge in [0.2, 0.25) is 11.7 Å². The van der Waals surface area contributed by atoms with Gasteiger partial charge in [0, 0.05) is 24.7 Å². The number of aromatic nitrogens is 2. The number of carbonyl (C=O) groups excluding carboxylic acids is 1. The van der Waals surface area contributed by atoms with Crippen LogP contribution in [-0.2, 0) is 17.4 Å². The second kappa shape index (κ2) is 11.3. The summed E-state index contributed by atoms with van der Waals surface area (Å²) in [7, 11) is 0. The highest BCUT2D eigenvalue weighted by atomic mass is 19.4. The lowest BCUT2D eigenvalue weighted by atomic mass is 10.1. The number of alkyl halides is 3. The first kappa shape index (κ1) is 25.9. The van der Waals surface area contributed by atoms with Crippen molar-refractivity contribution in [1.82, 2.24) is 15.3 Å². The molecule has 1 fully saturated rings. The maximum absolute atomic E-state index is 13.7. The van der Waals surface area contributed by atoms with Crippen LogP contribution < -0.4 is 15.0 Å². The fourth-order valence-electron chi connectivity index (χ4n) is 4.25. The summed E-state index contributed by atoms with van der Waals surface area (Å²) in [6.45, 7) is 3.09. The van der Waals surface area contributed by atoms with Gasteiger partial charge in [-0.25, -0.2) is 9.97 Å². The summed E-state index contributed by atoms with van der Waals surface area (Å²) >= 11 is 0. The zero-order valence-corrected chi connectivity index (χ0v) is 20.3. The van der Waals surface area contributed by atoms with E-state index >= 15 is 0 Å². The quantitative estimate of drug-likeness (QED) is 0.471. The highest BCUT2D eigenvalue weighted by molar-refractivity contribution is 5.85. The smallest absolute Gasteiger partial charge is 0.451 e. The predicted molar refractivity (Wildman–Crippen MR) is 132 cm³/mol. The first-order valence-corrected chi connectivity index (χ1v) is 12.0. The summed E-state index contributed by atoms with van der Waals surface area (Å²) in [6.07, 6.45) is -3.02. The Kier molecular flexibility index (Phi) is 7.92. The van der Waals surface area contributed by atoms with Crippen molar-refractivity contribution < 1.29 is 22.7 Å². The summed E-state index contributed by atoms with van der Waals surface area (Å²) in [6, 6.07) is 16.6. The van der Waals surface area contributed by atoms with Gasteiger partial charge >= 0.3 is 6.18 Å². The lowest BCUT2D eigenvalue weighted by molar-refractivity contribution is -0.144. The molecule has 1 amide bonds. The Morgan fingerprint density at radius 3 is 2.54 bits per heavy atom. The largest absolute Gasteiger partial charge is 0.494 e. The molecule has 1 N–H and O–H groups in total. The molecule has 7 nitrogen and oxygen atoms in total. The number of carbonyl (C=O) groups is 1. The normalized spacial score (nSPS) is 15.3. The number of ether oxygens (including phenoxy) is 1. The molecule has 37 heavy (non-hydrogen) atoms. The molecule has 10 heteroatoms. The van der Waals surface area contributed by atoms with Crippen LogP contribution in [0.4, 0.5) is 19.0 Å². The monoisotopic (exact) mass is 509 g/mol. The Morgan fingerprint density at radius 1 is 1.16 bits per heavy atom. The molecule has 0 bridgehead atoms. The molecule has 0 spiro atoms. The number of nitriles is 1. The molecule has 0 radical (unpaired) electrons. The van der Waals surface area contributed by atoms with E-state index < -0.39 is 18.0 Å². The molecule has 0 saturated carbocycles. The predicted octanol–water partition coefficient (Wildman–Crippen LogP) is 4.76. The van der Waals surface area contributed by atoms with E-state index in [1.807, 2.05) is 19.1 Å². The minimum atomic E-state index is -4.74. The lowest BCUT2D eigenvalue weighted by Crippen LogP contribution is -2.44. The van der Waals surface area contributed by atoms with Crippen molar-refractivity contribution in [2.45, 2.75) is 38.4 Å². The van der Waals surface area contributed by atoms with Crippen LogP contribution >= 0.6 is 0 Å². The van der Waals surface area contributed by atoms with Gasteiger partial charge in [0.05, 0.1) is 23.9 Å². The van der Waals surface area contributed by atoms with Crippen LogP contribution in [0.2, 0.25) is 0 Å². The number of rotatable bonds is 8. The van der Waals surface area contributed by atoms with E-state index in [9.17, 15) is 18.0 Å². The molecule has 2 aromatic carbocycles. The maximum atomic E-state index is 13.7. The Labute approximate surface area is 212 Å². The molecule has 1 aromatic heterocycles. The second-order valence-electron chi connectivity index (χ2n) is 8.59. The van der Waals surface area contributed by atoms with Crippen molar-refractivity contribution in [2.75, 3.05) is 24.6 Å². The van der Waals surface area contributed by atoms with Gasteiger partial charge < -0.3 is 15.0 Å². The number of halogens is 3. The summed E-state index contributed by atoms with van der Waals surface area (Å²) < 4.78 is 46.5. The molecule has 3 aromatic rings. The van der Waals surface area contributed by atoms with Crippen molar-refractivity contribution in [3.05, 3.63) is 71.5 Å². The molecule has 4 rings (SSSR count). The van der Waals surface area contributed by atoms with Gasteiger partial charge in [0.1, 0.15) is 17.6 Å². The van der Waals surface area contributed by atoms with Crippen LogP contribution in [0.25, 0.3) is 11.3 Å². The highest BCUT2D eigenvalue weighted by Gasteiger charge is 2.38. The Bertz CT molecular complexity index is 1270. The number of benzene rings is 2. The number of hydrogen-bond donors (Lipinski definition) is 1. The third kappa shape index (κ3) is 6.36. The van der Waals surface area contributed by atoms with E-state index in [4.69, 9.17) is 10.00 Å². The minimum Gasteiger partial charge on any atom is -0.494 e. The first-order chi connectivity index (χ1) is 17.8. The van der Waals surface area contributed by atoms with E-state index in [2.05, 4.69) is 21.4 Å². The van der Waals surface area contributed by atoms with Crippen LogP contribution in [-0.4, -0.2) is 41.6 Å². The summed E-state index contributed by atoms with van der Waals surface area (Å²) in [5.74, 6) is -0.841. The zero-order valence-electron chi connectivity index (χ0n) is 20.3. The van der Waals surface area contributed by atoms with Crippen molar-refractivity contribution in [3.63, 3.8) is 0 Å². The molecular formula is C27H26F3N5O2. The van der Waals surface area contributed by atoms with E-state index in [0.29, 0.717) is 55.8 Å². The zero-order chi connectivity index (χ0) is 26.4. The van der Waals surface area contributed by atoms with Gasteiger partial charge in [-0.1, -0.05) is 12.1 Å². The molecule has 192 valence electrons. The maximum Gasteiger partial charge on any atom is 0.451 e. The number of hydrogen-bond acceptors (Lipinski definition) is 6. The third-order valence-electron chi connectivity index (χ3n) is 6.07. The van der Waals surface area contributed by atoms with E-state index in [0.717, 1.165) is 5.56 Å². The van der Waals surface area contributed by atoms with E-state index in [1.54, 1.807) is 41.3 Å². The fraction of sp³-hybridized carbons (Fsp3) is 0.333. The van der Waals surface area contributed by atoms with Crippen LogP contribution in [0.15, 0.2) is 54.6 Å². The Morgan fingerprint density at radius 2 is 1.89 bits per heavy atom. The summed E-state index contributed by atoms with van der Waals surface area (Å²) in [5.41, 5.74) is 2.13. The molecule has 1 aliphatic rings. The van der Waals surface area contributed by atoms with Gasteiger partial charge in [-0.2, -0.15) is 18.4 Å². The number of nitrogens with one attached hydrogen (secondary N) is 1. The van der Waals surface area contributed by atoms with Gasteiger partial charge in [0.25, 0.3) is 0 Å². The van der Waals surface area contributed by atoms with Gasteiger partial charge in [-0.15, -0.1) is 0 Å². The van der Waals surface area contributed by atoms with Crippen molar-refractivity contribution in [1.29, 1.82) is 5.26 Å². The molecule has 1 saturated heterocycles. The van der Waals surface area contributed by atoms with Crippen molar-refractivity contribution in [3.8, 4) is 23.1 Å². The second-order valence-corrected chi connectivity index (χ2v) is 8.59. The Balaban J connectivity index is 1.52. The Hall–Kier alpha value is -4.13. The minimum absolute atomic E-state index is 0.0657. The number of anilines is 1. The van der Waals surface area contributed by atoms with Crippen LogP contribution in [0, 0.1) is 11.3 Å². The van der Waals surface area contributed by atoms with Crippen LogP contribution in [0.5, 0.6) is 5.75 Å². The standard InChI is InChI=1S/C27H26F3N5O2/c1-2-37-21-11-9-20(10-12-21)22-16-24(34-26(33-22)27(28,29)30)35-15-3-4-23(35)25(36)32-14-13-18-5-7-19(17-31)8-6-18/h5-12,16,23H,2-4,13-15H2,1H3,(H,32,36). The molecule has 1 unspecified atom stereocenters. The SMILES string of the molecule is CCOc1ccc(-c2cc(N3CCCC3C(=O)NCCc3ccc(C#N)cc3)nc(C(F)(F)F)n2)cc1. The lowest BCUT2D eigenvalue weighted by Gasteiger charge is -2.26. The number of nitrogens with zero attached hydrogens (tertiary/aromatic N) is 4. The van der Waals surface area contributed by atoms with E-state index in [-0.39, 0.29) is 17.4 Å². The fourth-order valence-corrected chi connectivity index (χ4v) is 4.25. The average Bonchev–Trinajstić information content (AvgIpc) is 3.39. The first-order valence-electron chi connectivity index (χ1n) is 12.0. The van der Waals surface area contributed by atoms with Gasteiger partial charge in [-0.05, 0) is 68.1 Å². The van der Waals surface area contributed by atoms with Crippen molar-refractivity contribution >= 4 is 11.7 Å². The third-order valence-corrected chi connectivity index (χ3v) is 6.07. The summed E-state index contributed by atoms with van der Waals surface area (Å²) in [5, 5.41) is 11.8. The number of amides is 1. The molecule has 0 aliphatic carbocycles. The average molecular weight is 510 g/mol. The van der Waals surface area contributed by atoms with Gasteiger partial charge in [0.15, 0.2) is 0 Å². The van der Waals surface area contributed by atoms with Crippen LogP contribution in [0.1, 0.15) is 36.7 Å². The molecule has 2 heterocycles. The molecule has 1 atom stereocenters. The highest BCUT2D eigenvalue weighted by Crippen LogP contribution is 2.33. The topological polar surface area (TPSA) is 91.1 Å². The van der Waals surface area contributed by atoms with Crippen LogP contribution in [0.3, 0.4) is 0 Å². The summed E-state index contributed by atoms with van der Waals surface area (Å²) in [4.78, 5) is 22.2.